The molecule has 0 saturated heterocycles. The van der Waals surface area contributed by atoms with Crippen molar-refractivity contribution in [3.63, 3.8) is 0 Å². The largest absolute Gasteiger partial charge is 0.310 e. The van der Waals surface area contributed by atoms with Crippen LogP contribution in [0.2, 0.25) is 0 Å². The van der Waals surface area contributed by atoms with E-state index in [1.54, 1.807) is 0 Å². The fourth-order valence-corrected chi connectivity index (χ4v) is 3.08. The Hall–Kier alpha value is -0.820. The van der Waals surface area contributed by atoms with Gasteiger partial charge in [0.05, 0.1) is 0 Å². The summed E-state index contributed by atoms with van der Waals surface area (Å²) in [5, 5.41) is 3.72. The van der Waals surface area contributed by atoms with Crippen molar-refractivity contribution in [2.75, 3.05) is 0 Å². The van der Waals surface area contributed by atoms with Gasteiger partial charge in [0.25, 0.3) is 0 Å². The van der Waals surface area contributed by atoms with E-state index in [9.17, 15) is 0 Å². The van der Waals surface area contributed by atoms with E-state index in [1.807, 2.05) is 0 Å². The first kappa shape index (κ1) is 12.6. The minimum Gasteiger partial charge on any atom is -0.310 e. The van der Waals surface area contributed by atoms with Crippen LogP contribution < -0.4 is 5.32 Å². The minimum absolute atomic E-state index is 0.718. The smallest absolute Gasteiger partial charge is 0.0208 e. The molecule has 94 valence electrons. The molecular weight excluding hydrogens is 206 g/mol. The fraction of sp³-hybridized carbons (Fsp3) is 0.625. The summed E-state index contributed by atoms with van der Waals surface area (Å²) < 4.78 is 0. The van der Waals surface area contributed by atoms with Gasteiger partial charge in [0.2, 0.25) is 0 Å². The van der Waals surface area contributed by atoms with Crippen molar-refractivity contribution in [1.82, 2.24) is 5.32 Å². The quantitative estimate of drug-likeness (QED) is 0.831. The third-order valence-corrected chi connectivity index (χ3v) is 3.89. The maximum absolute atomic E-state index is 3.72. The molecule has 0 radical (unpaired) electrons. The van der Waals surface area contributed by atoms with Crippen LogP contribution in [0.5, 0.6) is 0 Å². The van der Waals surface area contributed by atoms with E-state index in [1.165, 1.54) is 30.4 Å². The highest BCUT2D eigenvalue weighted by Crippen LogP contribution is 2.28. The Morgan fingerprint density at radius 3 is 2.18 bits per heavy atom. The summed E-state index contributed by atoms with van der Waals surface area (Å²) in [7, 11) is 0. The second kappa shape index (κ2) is 5.68. The van der Waals surface area contributed by atoms with Gasteiger partial charge in [-0.15, -0.1) is 0 Å². The van der Waals surface area contributed by atoms with E-state index < -0.39 is 0 Å². The molecule has 1 saturated carbocycles. The summed E-state index contributed by atoms with van der Waals surface area (Å²) in [6.45, 7) is 7.93. The lowest BCUT2D eigenvalue weighted by Gasteiger charge is -2.32. The van der Waals surface area contributed by atoms with Crippen molar-refractivity contribution in [3.8, 4) is 0 Å². The van der Waals surface area contributed by atoms with Crippen molar-refractivity contribution < 1.29 is 0 Å². The molecule has 1 N–H and O–H groups in total. The van der Waals surface area contributed by atoms with Crippen LogP contribution in [0, 0.1) is 18.8 Å². The van der Waals surface area contributed by atoms with Gasteiger partial charge in [-0.25, -0.2) is 0 Å². The summed E-state index contributed by atoms with van der Waals surface area (Å²) >= 11 is 0. The van der Waals surface area contributed by atoms with Crippen LogP contribution in [0.4, 0.5) is 0 Å². The summed E-state index contributed by atoms with van der Waals surface area (Å²) in [4.78, 5) is 0. The molecule has 1 nitrogen and oxygen atoms in total. The van der Waals surface area contributed by atoms with Crippen molar-refractivity contribution in [2.45, 2.75) is 52.6 Å². The Labute approximate surface area is 106 Å². The Morgan fingerprint density at radius 1 is 1.00 bits per heavy atom. The molecule has 0 bridgehead atoms. The van der Waals surface area contributed by atoms with Gasteiger partial charge in [0.1, 0.15) is 0 Å². The molecule has 0 heterocycles. The summed E-state index contributed by atoms with van der Waals surface area (Å²) in [5.74, 6) is 1.77. The Bertz CT molecular complexity index is 331. The second-order valence-electron chi connectivity index (χ2n) is 5.98. The molecule has 1 heteroatoms. The monoisotopic (exact) mass is 231 g/mol. The highest BCUT2D eigenvalue weighted by molar-refractivity contribution is 5.21. The summed E-state index contributed by atoms with van der Waals surface area (Å²) in [6, 6.07) is 9.58. The van der Waals surface area contributed by atoms with Gasteiger partial charge in [-0.1, -0.05) is 43.7 Å². The lowest BCUT2D eigenvalue weighted by molar-refractivity contribution is 0.238. The molecule has 0 amide bonds. The second-order valence-corrected chi connectivity index (χ2v) is 5.98. The first-order valence-electron chi connectivity index (χ1n) is 6.92. The van der Waals surface area contributed by atoms with Gasteiger partial charge >= 0.3 is 0 Å². The SMILES string of the molecule is Cc1ccc(CNC2CC(C)CC(C)C2)cc1. The lowest BCUT2D eigenvalue weighted by Crippen LogP contribution is -2.35. The van der Waals surface area contributed by atoms with Crippen LogP contribution in [-0.2, 0) is 6.54 Å². The highest BCUT2D eigenvalue weighted by atomic mass is 14.9. The normalized spacial score (nSPS) is 29.2. The van der Waals surface area contributed by atoms with Crippen molar-refractivity contribution in [2.24, 2.45) is 11.8 Å². The zero-order chi connectivity index (χ0) is 12.3. The van der Waals surface area contributed by atoms with Crippen LogP contribution in [-0.4, -0.2) is 6.04 Å². The Balaban J connectivity index is 1.83. The first-order valence-corrected chi connectivity index (χ1v) is 6.92. The van der Waals surface area contributed by atoms with Crippen molar-refractivity contribution >= 4 is 0 Å². The molecule has 2 unspecified atom stereocenters. The van der Waals surface area contributed by atoms with Gasteiger partial charge in [-0.3, -0.25) is 0 Å². The average Bonchev–Trinajstić information content (AvgIpc) is 2.27. The molecule has 0 spiro atoms. The third-order valence-electron chi connectivity index (χ3n) is 3.89. The first-order chi connectivity index (χ1) is 8.13. The van der Waals surface area contributed by atoms with E-state index in [2.05, 4.69) is 50.4 Å². The zero-order valence-electron chi connectivity index (χ0n) is 11.4. The molecule has 2 atom stereocenters. The molecule has 1 fully saturated rings. The standard InChI is InChI=1S/C16H25N/c1-12-4-6-15(7-5-12)11-17-16-9-13(2)8-14(3)10-16/h4-7,13-14,16-17H,8-11H2,1-3H3. The number of hydrogen-bond acceptors (Lipinski definition) is 1. The topological polar surface area (TPSA) is 12.0 Å². The van der Waals surface area contributed by atoms with Crippen LogP contribution in [0.25, 0.3) is 0 Å². The molecule has 2 rings (SSSR count). The Morgan fingerprint density at radius 2 is 1.59 bits per heavy atom. The fourth-order valence-electron chi connectivity index (χ4n) is 3.08. The molecule has 1 aliphatic carbocycles. The van der Waals surface area contributed by atoms with Gasteiger partial charge < -0.3 is 5.32 Å². The average molecular weight is 231 g/mol. The van der Waals surface area contributed by atoms with Gasteiger partial charge in [-0.05, 0) is 43.6 Å². The highest BCUT2D eigenvalue weighted by Gasteiger charge is 2.23. The van der Waals surface area contributed by atoms with E-state index in [0.29, 0.717) is 0 Å². The van der Waals surface area contributed by atoms with Gasteiger partial charge in [0, 0.05) is 12.6 Å². The van der Waals surface area contributed by atoms with Crippen LogP contribution in [0.3, 0.4) is 0 Å². The number of benzene rings is 1. The van der Waals surface area contributed by atoms with E-state index in [0.717, 1.165) is 24.4 Å². The van der Waals surface area contributed by atoms with Crippen LogP contribution >= 0.6 is 0 Å². The maximum Gasteiger partial charge on any atom is 0.0208 e. The molecule has 1 aromatic carbocycles. The van der Waals surface area contributed by atoms with Crippen LogP contribution in [0.15, 0.2) is 24.3 Å². The van der Waals surface area contributed by atoms with Gasteiger partial charge in [0.15, 0.2) is 0 Å². The molecule has 1 aromatic rings. The van der Waals surface area contributed by atoms with Crippen molar-refractivity contribution in [3.05, 3.63) is 35.4 Å². The van der Waals surface area contributed by atoms with Crippen molar-refractivity contribution in [1.29, 1.82) is 0 Å². The Kier molecular flexibility index (Phi) is 4.22. The molecule has 1 aliphatic rings. The summed E-state index contributed by atoms with van der Waals surface area (Å²) in [6.07, 6.45) is 4.09. The van der Waals surface area contributed by atoms with E-state index >= 15 is 0 Å². The lowest BCUT2D eigenvalue weighted by atomic mass is 9.80. The minimum atomic E-state index is 0.718. The predicted molar refractivity (Wildman–Crippen MR) is 74.0 cm³/mol. The molecule has 0 aromatic heterocycles. The number of aryl methyl sites for hydroxylation is 1. The summed E-state index contributed by atoms with van der Waals surface area (Å²) in [5.41, 5.74) is 2.75. The molecular formula is C16H25N. The maximum atomic E-state index is 3.72. The predicted octanol–water partition coefficient (Wildman–Crippen LogP) is 3.91. The van der Waals surface area contributed by atoms with E-state index in [-0.39, 0.29) is 0 Å². The number of rotatable bonds is 3. The van der Waals surface area contributed by atoms with E-state index in [4.69, 9.17) is 0 Å². The molecule has 0 aliphatic heterocycles. The zero-order valence-corrected chi connectivity index (χ0v) is 11.4. The third kappa shape index (κ3) is 3.85. The van der Waals surface area contributed by atoms with Gasteiger partial charge in [-0.2, -0.15) is 0 Å². The number of hydrogen-bond donors (Lipinski definition) is 1. The molecule has 17 heavy (non-hydrogen) atoms. The number of nitrogens with one attached hydrogen (secondary N) is 1. The van der Waals surface area contributed by atoms with Crippen LogP contribution in [0.1, 0.15) is 44.2 Å².